The summed E-state index contributed by atoms with van der Waals surface area (Å²) < 4.78 is 29.4. The van der Waals surface area contributed by atoms with Crippen LogP contribution in [0.2, 0.25) is 0 Å². The summed E-state index contributed by atoms with van der Waals surface area (Å²) in [5, 5.41) is 3.28. The molecule has 0 saturated carbocycles. The van der Waals surface area contributed by atoms with Crippen molar-refractivity contribution >= 4 is 5.91 Å². The molecular formula is C15H18F2N2O2. The van der Waals surface area contributed by atoms with E-state index in [4.69, 9.17) is 0 Å². The van der Waals surface area contributed by atoms with Crippen molar-refractivity contribution in [3.8, 4) is 5.75 Å². The SMILES string of the molecule is CC1CC2CNCC2N1C(=O)c1ccccc1OC(F)F. The van der Waals surface area contributed by atoms with Gasteiger partial charge in [-0.3, -0.25) is 4.79 Å². The van der Waals surface area contributed by atoms with Gasteiger partial charge in [-0.15, -0.1) is 0 Å². The van der Waals surface area contributed by atoms with E-state index in [0.29, 0.717) is 5.92 Å². The number of ether oxygens (including phenoxy) is 1. The molecule has 1 N–H and O–H groups in total. The first-order valence-corrected chi connectivity index (χ1v) is 7.15. The van der Waals surface area contributed by atoms with E-state index in [-0.39, 0.29) is 29.3 Å². The molecular weight excluding hydrogens is 278 g/mol. The molecule has 114 valence electrons. The molecule has 21 heavy (non-hydrogen) atoms. The van der Waals surface area contributed by atoms with Gasteiger partial charge in [0.25, 0.3) is 5.91 Å². The lowest BCUT2D eigenvalue weighted by Gasteiger charge is -2.28. The minimum Gasteiger partial charge on any atom is -0.434 e. The lowest BCUT2D eigenvalue weighted by molar-refractivity contribution is -0.0503. The van der Waals surface area contributed by atoms with Crippen LogP contribution in [0.25, 0.3) is 0 Å². The zero-order chi connectivity index (χ0) is 15.0. The fraction of sp³-hybridized carbons (Fsp3) is 0.533. The Hall–Kier alpha value is -1.69. The largest absolute Gasteiger partial charge is 0.434 e. The standard InChI is InChI=1S/C15H18F2N2O2/c1-9-6-10-7-18-8-12(10)19(9)14(20)11-4-2-3-5-13(11)21-15(16)17/h2-5,9-10,12,15,18H,6-8H2,1H3. The highest BCUT2D eigenvalue weighted by Crippen LogP contribution is 2.34. The van der Waals surface area contributed by atoms with E-state index in [1.54, 1.807) is 18.2 Å². The Labute approximate surface area is 122 Å². The van der Waals surface area contributed by atoms with Crippen molar-refractivity contribution in [3.05, 3.63) is 29.8 Å². The average Bonchev–Trinajstić information content (AvgIpc) is 2.97. The highest BCUT2D eigenvalue weighted by Gasteiger charge is 2.44. The molecule has 0 aliphatic carbocycles. The van der Waals surface area contributed by atoms with Crippen LogP contribution in [0, 0.1) is 5.92 Å². The van der Waals surface area contributed by atoms with Crippen LogP contribution in [0.15, 0.2) is 24.3 Å². The predicted octanol–water partition coefficient (Wildman–Crippen LogP) is 2.11. The first-order valence-electron chi connectivity index (χ1n) is 7.15. The summed E-state index contributed by atoms with van der Waals surface area (Å²) in [6.45, 7) is 0.746. The molecule has 3 rings (SSSR count). The third-order valence-corrected chi connectivity index (χ3v) is 4.35. The van der Waals surface area contributed by atoms with Gasteiger partial charge >= 0.3 is 6.61 Å². The summed E-state index contributed by atoms with van der Waals surface area (Å²) >= 11 is 0. The minimum absolute atomic E-state index is 0.0564. The third kappa shape index (κ3) is 2.60. The van der Waals surface area contributed by atoms with Crippen LogP contribution in [-0.4, -0.2) is 42.6 Å². The molecule has 1 aromatic carbocycles. The molecule has 3 atom stereocenters. The van der Waals surface area contributed by atoms with E-state index >= 15 is 0 Å². The maximum absolute atomic E-state index is 12.8. The zero-order valence-corrected chi connectivity index (χ0v) is 11.8. The number of para-hydroxylation sites is 1. The van der Waals surface area contributed by atoms with Crippen molar-refractivity contribution in [2.24, 2.45) is 5.92 Å². The lowest BCUT2D eigenvalue weighted by Crippen LogP contribution is -2.42. The van der Waals surface area contributed by atoms with Crippen molar-refractivity contribution in [2.45, 2.75) is 32.0 Å². The minimum atomic E-state index is -2.93. The summed E-state index contributed by atoms with van der Waals surface area (Å²) in [4.78, 5) is 14.6. The van der Waals surface area contributed by atoms with E-state index in [9.17, 15) is 13.6 Å². The summed E-state index contributed by atoms with van der Waals surface area (Å²) in [5.41, 5.74) is 0.206. The second-order valence-corrected chi connectivity index (χ2v) is 5.66. The molecule has 2 aliphatic heterocycles. The van der Waals surface area contributed by atoms with Gasteiger partial charge in [0.05, 0.1) is 5.56 Å². The number of benzene rings is 1. The fourth-order valence-corrected chi connectivity index (χ4v) is 3.50. The number of carbonyl (C=O) groups excluding carboxylic acids is 1. The molecule has 0 radical (unpaired) electrons. The molecule has 2 heterocycles. The van der Waals surface area contributed by atoms with Gasteiger partial charge in [-0.1, -0.05) is 12.1 Å². The summed E-state index contributed by atoms with van der Waals surface area (Å²) in [7, 11) is 0. The Morgan fingerprint density at radius 2 is 2.14 bits per heavy atom. The van der Waals surface area contributed by atoms with Crippen molar-refractivity contribution in [1.29, 1.82) is 0 Å². The third-order valence-electron chi connectivity index (χ3n) is 4.35. The number of alkyl halides is 2. The first-order chi connectivity index (χ1) is 10.1. The first kappa shape index (κ1) is 14.3. The van der Waals surface area contributed by atoms with Crippen LogP contribution in [0.5, 0.6) is 5.75 Å². The number of carbonyl (C=O) groups is 1. The van der Waals surface area contributed by atoms with Crippen LogP contribution in [0.3, 0.4) is 0 Å². The van der Waals surface area contributed by atoms with Crippen LogP contribution in [-0.2, 0) is 0 Å². The van der Waals surface area contributed by atoms with Gasteiger partial charge in [0.1, 0.15) is 5.75 Å². The molecule has 2 saturated heterocycles. The smallest absolute Gasteiger partial charge is 0.387 e. The quantitative estimate of drug-likeness (QED) is 0.929. The van der Waals surface area contributed by atoms with Crippen molar-refractivity contribution < 1.29 is 18.3 Å². The van der Waals surface area contributed by atoms with Crippen LogP contribution in [0.4, 0.5) is 8.78 Å². The number of hydrogen-bond donors (Lipinski definition) is 1. The van der Waals surface area contributed by atoms with Crippen molar-refractivity contribution in [3.63, 3.8) is 0 Å². The molecule has 1 aromatic rings. The summed E-state index contributed by atoms with van der Waals surface area (Å²) in [6, 6.07) is 6.47. The molecule has 3 unspecified atom stereocenters. The van der Waals surface area contributed by atoms with Crippen molar-refractivity contribution in [2.75, 3.05) is 13.1 Å². The van der Waals surface area contributed by atoms with Crippen LogP contribution >= 0.6 is 0 Å². The Morgan fingerprint density at radius 1 is 1.38 bits per heavy atom. The fourth-order valence-electron chi connectivity index (χ4n) is 3.50. The molecule has 0 spiro atoms. The number of nitrogens with one attached hydrogen (secondary N) is 1. The second-order valence-electron chi connectivity index (χ2n) is 5.66. The Morgan fingerprint density at radius 3 is 2.90 bits per heavy atom. The van der Waals surface area contributed by atoms with E-state index in [0.717, 1.165) is 19.5 Å². The van der Waals surface area contributed by atoms with Crippen LogP contribution < -0.4 is 10.1 Å². The van der Waals surface area contributed by atoms with E-state index < -0.39 is 6.61 Å². The molecule has 2 fully saturated rings. The van der Waals surface area contributed by atoms with Crippen LogP contribution in [0.1, 0.15) is 23.7 Å². The Balaban J connectivity index is 1.88. The molecule has 0 bridgehead atoms. The number of nitrogens with zero attached hydrogens (tertiary/aromatic N) is 1. The van der Waals surface area contributed by atoms with E-state index in [1.807, 2.05) is 11.8 Å². The maximum atomic E-state index is 12.8. The highest BCUT2D eigenvalue weighted by atomic mass is 19.3. The van der Waals surface area contributed by atoms with Gasteiger partial charge in [-0.25, -0.2) is 0 Å². The van der Waals surface area contributed by atoms with Gasteiger partial charge in [-0.05, 0) is 31.4 Å². The topological polar surface area (TPSA) is 41.6 Å². The van der Waals surface area contributed by atoms with Gasteiger partial charge in [0, 0.05) is 25.2 Å². The molecule has 6 heteroatoms. The summed E-state index contributed by atoms with van der Waals surface area (Å²) in [6.07, 6.45) is 0.946. The monoisotopic (exact) mass is 296 g/mol. The van der Waals surface area contributed by atoms with E-state index in [2.05, 4.69) is 10.1 Å². The van der Waals surface area contributed by atoms with Gasteiger partial charge in [0.15, 0.2) is 0 Å². The second kappa shape index (κ2) is 5.60. The number of fused-ring (bicyclic) bond motifs is 1. The van der Waals surface area contributed by atoms with Gasteiger partial charge in [-0.2, -0.15) is 8.78 Å². The Bertz CT molecular complexity index is 538. The number of hydrogen-bond acceptors (Lipinski definition) is 3. The number of likely N-dealkylation sites (tertiary alicyclic amines) is 1. The normalized spacial score (nSPS) is 28.0. The molecule has 2 aliphatic rings. The van der Waals surface area contributed by atoms with Gasteiger partial charge in [0.2, 0.25) is 0 Å². The molecule has 4 nitrogen and oxygen atoms in total. The average molecular weight is 296 g/mol. The predicted molar refractivity (Wildman–Crippen MR) is 73.5 cm³/mol. The lowest BCUT2D eigenvalue weighted by atomic mass is 10.0. The Kier molecular flexibility index (Phi) is 3.80. The molecule has 1 amide bonds. The number of rotatable bonds is 3. The molecule has 0 aromatic heterocycles. The number of halogens is 2. The number of amides is 1. The zero-order valence-electron chi connectivity index (χ0n) is 11.8. The van der Waals surface area contributed by atoms with E-state index in [1.165, 1.54) is 6.07 Å². The van der Waals surface area contributed by atoms with Crippen molar-refractivity contribution in [1.82, 2.24) is 10.2 Å². The van der Waals surface area contributed by atoms with Gasteiger partial charge < -0.3 is 15.0 Å². The summed E-state index contributed by atoms with van der Waals surface area (Å²) in [5.74, 6) is 0.168. The highest BCUT2D eigenvalue weighted by molar-refractivity contribution is 5.97. The maximum Gasteiger partial charge on any atom is 0.387 e.